The summed E-state index contributed by atoms with van der Waals surface area (Å²) < 4.78 is 2.01. The largest absolute Gasteiger partial charge is 0.396 e. The molecular formula is C12H15N3O. The van der Waals surface area contributed by atoms with Crippen LogP contribution >= 0.6 is 0 Å². The molecule has 2 aromatic rings. The summed E-state index contributed by atoms with van der Waals surface area (Å²) in [5.41, 5.74) is 1.93. The van der Waals surface area contributed by atoms with Gasteiger partial charge in [-0.05, 0) is 25.5 Å². The van der Waals surface area contributed by atoms with E-state index >= 15 is 0 Å². The molecule has 0 aliphatic heterocycles. The molecule has 0 saturated heterocycles. The summed E-state index contributed by atoms with van der Waals surface area (Å²) in [6.45, 7) is 2.26. The Labute approximate surface area is 94.6 Å². The van der Waals surface area contributed by atoms with E-state index in [4.69, 9.17) is 5.11 Å². The van der Waals surface area contributed by atoms with E-state index in [0.717, 1.165) is 17.7 Å². The number of imidazole rings is 1. The molecule has 1 atom stereocenters. The smallest absolute Gasteiger partial charge is 0.0956 e. The number of aliphatic hydroxyl groups is 1. The van der Waals surface area contributed by atoms with Crippen LogP contribution in [0.5, 0.6) is 0 Å². The van der Waals surface area contributed by atoms with Gasteiger partial charge in [0.25, 0.3) is 0 Å². The first-order valence-corrected chi connectivity index (χ1v) is 5.36. The van der Waals surface area contributed by atoms with Gasteiger partial charge >= 0.3 is 0 Å². The van der Waals surface area contributed by atoms with Gasteiger partial charge in [0.15, 0.2) is 0 Å². The van der Waals surface area contributed by atoms with E-state index in [-0.39, 0.29) is 12.6 Å². The summed E-state index contributed by atoms with van der Waals surface area (Å²) >= 11 is 0. The lowest BCUT2D eigenvalue weighted by Crippen LogP contribution is -2.04. The van der Waals surface area contributed by atoms with Crippen LogP contribution in [-0.4, -0.2) is 26.2 Å². The van der Waals surface area contributed by atoms with Crippen molar-refractivity contribution in [2.45, 2.75) is 19.4 Å². The minimum Gasteiger partial charge on any atom is -0.396 e. The highest BCUT2D eigenvalue weighted by Gasteiger charge is 2.06. The molecule has 0 unspecified atom stereocenters. The van der Waals surface area contributed by atoms with Crippen molar-refractivity contribution in [1.29, 1.82) is 0 Å². The highest BCUT2D eigenvalue weighted by molar-refractivity contribution is 5.56. The molecule has 84 valence electrons. The second-order valence-electron chi connectivity index (χ2n) is 3.81. The van der Waals surface area contributed by atoms with Crippen molar-refractivity contribution in [3.05, 3.63) is 37.1 Å². The summed E-state index contributed by atoms with van der Waals surface area (Å²) in [5, 5.41) is 8.88. The van der Waals surface area contributed by atoms with E-state index in [2.05, 4.69) is 16.9 Å². The van der Waals surface area contributed by atoms with Crippen LogP contribution in [0.2, 0.25) is 0 Å². The molecule has 16 heavy (non-hydrogen) atoms. The quantitative estimate of drug-likeness (QED) is 0.850. The summed E-state index contributed by atoms with van der Waals surface area (Å²) in [6, 6.07) is 4.14. The molecule has 0 fully saturated rings. The van der Waals surface area contributed by atoms with Crippen molar-refractivity contribution in [3.8, 4) is 11.3 Å². The average molecular weight is 217 g/mol. The number of rotatable bonds is 4. The van der Waals surface area contributed by atoms with Gasteiger partial charge in [-0.2, -0.15) is 0 Å². The van der Waals surface area contributed by atoms with Gasteiger partial charge < -0.3 is 9.67 Å². The molecule has 1 N–H and O–H groups in total. The Bertz CT molecular complexity index is 439. The zero-order valence-corrected chi connectivity index (χ0v) is 9.24. The molecule has 4 nitrogen and oxygen atoms in total. The van der Waals surface area contributed by atoms with Crippen molar-refractivity contribution in [2.24, 2.45) is 0 Å². The highest BCUT2D eigenvalue weighted by atomic mass is 16.3. The number of hydrogen-bond donors (Lipinski definition) is 1. The van der Waals surface area contributed by atoms with Crippen molar-refractivity contribution in [3.63, 3.8) is 0 Å². The van der Waals surface area contributed by atoms with E-state index in [1.165, 1.54) is 0 Å². The Morgan fingerprint density at radius 1 is 1.50 bits per heavy atom. The van der Waals surface area contributed by atoms with Crippen LogP contribution in [0.3, 0.4) is 0 Å². The SMILES string of the molecule is C[C@H](CCO)n1cnc(-c2cccnc2)c1. The van der Waals surface area contributed by atoms with Gasteiger partial charge in [-0.15, -0.1) is 0 Å². The number of pyridine rings is 1. The molecule has 0 aliphatic carbocycles. The van der Waals surface area contributed by atoms with Crippen LogP contribution in [0, 0.1) is 0 Å². The summed E-state index contributed by atoms with van der Waals surface area (Å²) in [4.78, 5) is 8.39. The standard InChI is InChI=1S/C12H15N3O/c1-10(4-6-16)15-8-12(14-9-15)11-3-2-5-13-7-11/h2-3,5,7-10,16H,4,6H2,1H3/t10-/m1/s1. The van der Waals surface area contributed by atoms with Crippen LogP contribution < -0.4 is 0 Å². The van der Waals surface area contributed by atoms with Gasteiger partial charge in [0, 0.05) is 36.8 Å². The maximum absolute atomic E-state index is 8.88. The van der Waals surface area contributed by atoms with Crippen LogP contribution in [-0.2, 0) is 0 Å². The van der Waals surface area contributed by atoms with Gasteiger partial charge in [-0.1, -0.05) is 0 Å². The normalized spacial score (nSPS) is 12.6. The van der Waals surface area contributed by atoms with E-state index in [1.54, 1.807) is 18.7 Å². The van der Waals surface area contributed by atoms with Crippen molar-refractivity contribution in [1.82, 2.24) is 14.5 Å². The maximum atomic E-state index is 8.88. The first kappa shape index (κ1) is 10.8. The van der Waals surface area contributed by atoms with Crippen LogP contribution in [0.1, 0.15) is 19.4 Å². The van der Waals surface area contributed by atoms with E-state index in [0.29, 0.717) is 0 Å². The second kappa shape index (κ2) is 4.90. The van der Waals surface area contributed by atoms with E-state index in [9.17, 15) is 0 Å². The lowest BCUT2D eigenvalue weighted by Gasteiger charge is -2.10. The molecule has 4 heteroatoms. The summed E-state index contributed by atoms with van der Waals surface area (Å²) in [6.07, 6.45) is 8.06. The Kier molecular flexibility index (Phi) is 3.31. The topological polar surface area (TPSA) is 50.9 Å². The zero-order valence-electron chi connectivity index (χ0n) is 9.24. The number of aliphatic hydroxyl groups excluding tert-OH is 1. The van der Waals surface area contributed by atoms with Crippen LogP contribution in [0.25, 0.3) is 11.3 Å². The Morgan fingerprint density at radius 3 is 3.06 bits per heavy atom. The van der Waals surface area contributed by atoms with Gasteiger partial charge in [0.2, 0.25) is 0 Å². The Balaban J connectivity index is 2.20. The number of aromatic nitrogens is 3. The number of hydrogen-bond acceptors (Lipinski definition) is 3. The fourth-order valence-corrected chi connectivity index (χ4v) is 1.58. The molecule has 2 heterocycles. The third-order valence-electron chi connectivity index (χ3n) is 2.61. The Morgan fingerprint density at radius 2 is 2.38 bits per heavy atom. The molecule has 0 radical (unpaired) electrons. The molecule has 2 aromatic heterocycles. The molecule has 0 amide bonds. The lowest BCUT2D eigenvalue weighted by molar-refractivity contribution is 0.263. The molecule has 0 aliphatic rings. The Hall–Kier alpha value is -1.68. The van der Waals surface area contributed by atoms with Crippen molar-refractivity contribution < 1.29 is 5.11 Å². The molecule has 0 saturated carbocycles. The predicted octanol–water partition coefficient (Wildman–Crippen LogP) is 1.89. The van der Waals surface area contributed by atoms with Crippen LogP contribution in [0.4, 0.5) is 0 Å². The van der Waals surface area contributed by atoms with E-state index in [1.807, 2.05) is 22.9 Å². The minimum absolute atomic E-state index is 0.196. The third-order valence-corrected chi connectivity index (χ3v) is 2.61. The van der Waals surface area contributed by atoms with Gasteiger partial charge in [-0.3, -0.25) is 4.98 Å². The predicted molar refractivity (Wildman–Crippen MR) is 61.9 cm³/mol. The van der Waals surface area contributed by atoms with Gasteiger partial charge in [0.05, 0.1) is 12.0 Å². The maximum Gasteiger partial charge on any atom is 0.0956 e. The molecule has 2 rings (SSSR count). The zero-order chi connectivity index (χ0) is 11.4. The van der Waals surface area contributed by atoms with Crippen molar-refractivity contribution in [2.75, 3.05) is 6.61 Å². The minimum atomic E-state index is 0.196. The van der Waals surface area contributed by atoms with Gasteiger partial charge in [0.1, 0.15) is 0 Å². The molecule has 0 bridgehead atoms. The first-order valence-electron chi connectivity index (χ1n) is 5.36. The fourth-order valence-electron chi connectivity index (χ4n) is 1.58. The van der Waals surface area contributed by atoms with E-state index < -0.39 is 0 Å². The van der Waals surface area contributed by atoms with Crippen molar-refractivity contribution >= 4 is 0 Å². The fraction of sp³-hybridized carbons (Fsp3) is 0.333. The third kappa shape index (κ3) is 2.28. The number of nitrogens with zero attached hydrogens (tertiary/aromatic N) is 3. The summed E-state index contributed by atoms with van der Waals surface area (Å²) in [5.74, 6) is 0. The van der Waals surface area contributed by atoms with Gasteiger partial charge in [-0.25, -0.2) is 4.98 Å². The first-order chi connectivity index (χ1) is 7.81. The second-order valence-corrected chi connectivity index (χ2v) is 3.81. The summed E-state index contributed by atoms with van der Waals surface area (Å²) in [7, 11) is 0. The molecule has 0 spiro atoms. The van der Waals surface area contributed by atoms with Crippen LogP contribution in [0.15, 0.2) is 37.1 Å². The monoisotopic (exact) mass is 217 g/mol. The molecule has 0 aromatic carbocycles. The lowest BCUT2D eigenvalue weighted by atomic mass is 10.2. The average Bonchev–Trinajstić information content (AvgIpc) is 2.80. The highest BCUT2D eigenvalue weighted by Crippen LogP contribution is 2.18. The molecular weight excluding hydrogens is 202 g/mol.